The highest BCUT2D eigenvalue weighted by molar-refractivity contribution is 5.63. The van der Waals surface area contributed by atoms with Crippen LogP contribution in [0, 0.1) is 10.1 Å². The number of hydrogen-bond acceptors (Lipinski definition) is 5. The number of nitrogens with zero attached hydrogens (tertiary/aromatic N) is 1. The van der Waals surface area contributed by atoms with E-state index in [9.17, 15) is 10.1 Å². The van der Waals surface area contributed by atoms with Crippen molar-refractivity contribution in [2.45, 2.75) is 33.1 Å². The summed E-state index contributed by atoms with van der Waals surface area (Å²) < 4.78 is 5.40. The summed E-state index contributed by atoms with van der Waals surface area (Å²) in [5.41, 5.74) is 1.63. The first kappa shape index (κ1) is 17.2. The second-order valence-corrected chi connectivity index (χ2v) is 4.85. The van der Waals surface area contributed by atoms with Gasteiger partial charge in [-0.15, -0.1) is 0 Å². The van der Waals surface area contributed by atoms with E-state index in [1.165, 1.54) is 0 Å². The van der Waals surface area contributed by atoms with Crippen LogP contribution in [0.5, 0.6) is 0 Å². The van der Waals surface area contributed by atoms with Crippen LogP contribution in [0.15, 0.2) is 18.2 Å². The Hall–Kier alpha value is -1.82. The van der Waals surface area contributed by atoms with Crippen molar-refractivity contribution in [3.8, 4) is 0 Å². The van der Waals surface area contributed by atoms with Gasteiger partial charge in [0.15, 0.2) is 0 Å². The molecule has 0 spiro atoms. The zero-order valence-corrected chi connectivity index (χ0v) is 12.9. The molecule has 0 bridgehead atoms. The summed E-state index contributed by atoms with van der Waals surface area (Å²) in [4.78, 5) is 10.6. The molecule has 0 saturated carbocycles. The first-order valence-electron chi connectivity index (χ1n) is 7.52. The van der Waals surface area contributed by atoms with E-state index in [2.05, 4.69) is 24.5 Å². The standard InChI is InChI=1S/C15H25N3O3/c1-3-6-16-13-10-14(12-15(11-13)18(19)20)17-7-5-9-21-8-4-2/h10-12,16-17H,3-9H2,1-2H3. The number of nitro benzene ring substituents is 1. The van der Waals surface area contributed by atoms with Crippen molar-refractivity contribution in [3.05, 3.63) is 28.3 Å². The van der Waals surface area contributed by atoms with Crippen molar-refractivity contribution in [1.29, 1.82) is 0 Å². The average Bonchev–Trinajstić information content (AvgIpc) is 2.48. The van der Waals surface area contributed by atoms with Gasteiger partial charge in [0, 0.05) is 49.8 Å². The number of rotatable bonds is 11. The highest BCUT2D eigenvalue weighted by Crippen LogP contribution is 2.24. The van der Waals surface area contributed by atoms with E-state index >= 15 is 0 Å². The molecule has 0 unspecified atom stereocenters. The fourth-order valence-electron chi connectivity index (χ4n) is 1.84. The van der Waals surface area contributed by atoms with Gasteiger partial charge in [0.1, 0.15) is 0 Å². The second-order valence-electron chi connectivity index (χ2n) is 4.85. The minimum absolute atomic E-state index is 0.0980. The summed E-state index contributed by atoms with van der Waals surface area (Å²) >= 11 is 0. The maximum Gasteiger partial charge on any atom is 0.273 e. The number of nitrogens with one attached hydrogen (secondary N) is 2. The van der Waals surface area contributed by atoms with Gasteiger partial charge in [-0.1, -0.05) is 13.8 Å². The largest absolute Gasteiger partial charge is 0.385 e. The Morgan fingerprint density at radius 2 is 1.71 bits per heavy atom. The van der Waals surface area contributed by atoms with E-state index in [-0.39, 0.29) is 10.6 Å². The third-order valence-corrected chi connectivity index (χ3v) is 2.85. The molecule has 21 heavy (non-hydrogen) atoms. The van der Waals surface area contributed by atoms with Crippen molar-refractivity contribution in [2.24, 2.45) is 0 Å². The van der Waals surface area contributed by atoms with Gasteiger partial charge in [0.05, 0.1) is 4.92 Å². The minimum Gasteiger partial charge on any atom is -0.385 e. The maximum absolute atomic E-state index is 11.0. The fraction of sp³-hybridized carbons (Fsp3) is 0.600. The Morgan fingerprint density at radius 1 is 1.05 bits per heavy atom. The summed E-state index contributed by atoms with van der Waals surface area (Å²) in [7, 11) is 0. The lowest BCUT2D eigenvalue weighted by atomic mass is 10.2. The Bertz CT molecular complexity index is 438. The highest BCUT2D eigenvalue weighted by atomic mass is 16.6. The molecular weight excluding hydrogens is 270 g/mol. The molecule has 0 atom stereocenters. The Morgan fingerprint density at radius 3 is 2.29 bits per heavy atom. The summed E-state index contributed by atoms with van der Waals surface area (Å²) in [5, 5.41) is 17.3. The van der Waals surface area contributed by atoms with Crippen LogP contribution >= 0.6 is 0 Å². The predicted octanol–water partition coefficient (Wildman–Crippen LogP) is 3.65. The molecule has 0 fully saturated rings. The first-order valence-corrected chi connectivity index (χ1v) is 7.52. The van der Waals surface area contributed by atoms with Crippen molar-refractivity contribution in [3.63, 3.8) is 0 Å². The Kier molecular flexibility index (Phi) is 8.19. The van der Waals surface area contributed by atoms with Crippen LogP contribution in [0.4, 0.5) is 17.1 Å². The molecule has 118 valence electrons. The minimum atomic E-state index is -0.368. The molecule has 6 heteroatoms. The Balaban J connectivity index is 2.54. The predicted molar refractivity (Wildman–Crippen MR) is 86.1 cm³/mol. The maximum atomic E-state index is 11.0. The third kappa shape index (κ3) is 6.94. The smallest absolute Gasteiger partial charge is 0.273 e. The van der Waals surface area contributed by atoms with Crippen molar-refractivity contribution < 1.29 is 9.66 Å². The van der Waals surface area contributed by atoms with Crippen LogP contribution in [-0.4, -0.2) is 31.2 Å². The highest BCUT2D eigenvalue weighted by Gasteiger charge is 2.09. The summed E-state index contributed by atoms with van der Waals surface area (Å²) in [6.45, 7) is 7.15. The van der Waals surface area contributed by atoms with Gasteiger partial charge in [-0.25, -0.2) is 0 Å². The molecule has 1 aromatic rings. The second kappa shape index (κ2) is 9.99. The molecule has 0 saturated heterocycles. The number of nitro groups is 1. The zero-order chi connectivity index (χ0) is 15.5. The molecule has 0 heterocycles. The van der Waals surface area contributed by atoms with Crippen LogP contribution in [0.1, 0.15) is 33.1 Å². The van der Waals surface area contributed by atoms with Crippen LogP contribution in [0.25, 0.3) is 0 Å². The topological polar surface area (TPSA) is 76.4 Å². The van der Waals surface area contributed by atoms with Crippen LogP contribution in [-0.2, 0) is 4.74 Å². The van der Waals surface area contributed by atoms with Gasteiger partial charge in [0.25, 0.3) is 5.69 Å². The van der Waals surface area contributed by atoms with E-state index in [4.69, 9.17) is 4.74 Å². The van der Waals surface area contributed by atoms with E-state index < -0.39 is 0 Å². The molecule has 1 aromatic carbocycles. The average molecular weight is 295 g/mol. The molecule has 0 aliphatic rings. The van der Waals surface area contributed by atoms with Crippen molar-refractivity contribution in [1.82, 2.24) is 0 Å². The van der Waals surface area contributed by atoms with E-state index in [1.54, 1.807) is 12.1 Å². The normalized spacial score (nSPS) is 10.4. The van der Waals surface area contributed by atoms with E-state index in [1.807, 2.05) is 6.07 Å². The van der Waals surface area contributed by atoms with Crippen molar-refractivity contribution in [2.75, 3.05) is 36.9 Å². The quantitative estimate of drug-likeness (QED) is 0.370. The van der Waals surface area contributed by atoms with Crippen molar-refractivity contribution >= 4 is 17.1 Å². The van der Waals surface area contributed by atoms with Gasteiger partial charge in [-0.3, -0.25) is 10.1 Å². The molecule has 0 amide bonds. The van der Waals surface area contributed by atoms with E-state index in [0.29, 0.717) is 6.61 Å². The summed E-state index contributed by atoms with van der Waals surface area (Å²) in [5.74, 6) is 0. The number of non-ortho nitro benzene ring substituents is 1. The lowest BCUT2D eigenvalue weighted by Gasteiger charge is -2.10. The number of anilines is 2. The zero-order valence-electron chi connectivity index (χ0n) is 12.9. The molecule has 1 rings (SSSR count). The molecule has 0 radical (unpaired) electrons. The third-order valence-electron chi connectivity index (χ3n) is 2.85. The summed E-state index contributed by atoms with van der Waals surface area (Å²) in [6.07, 6.45) is 2.87. The van der Waals surface area contributed by atoms with Gasteiger partial charge in [-0.2, -0.15) is 0 Å². The van der Waals surface area contributed by atoms with Gasteiger partial charge in [0.2, 0.25) is 0 Å². The molecule has 0 aliphatic heterocycles. The van der Waals surface area contributed by atoms with Gasteiger partial charge < -0.3 is 15.4 Å². The lowest BCUT2D eigenvalue weighted by Crippen LogP contribution is -2.07. The monoisotopic (exact) mass is 295 g/mol. The molecule has 6 nitrogen and oxygen atoms in total. The molecule has 2 N–H and O–H groups in total. The van der Waals surface area contributed by atoms with Gasteiger partial charge >= 0.3 is 0 Å². The Labute approximate surface area is 126 Å². The SMILES string of the molecule is CCCNc1cc(NCCCOCCC)cc([N+](=O)[O-])c1. The molecule has 0 aliphatic carbocycles. The number of benzene rings is 1. The lowest BCUT2D eigenvalue weighted by molar-refractivity contribution is -0.384. The first-order chi connectivity index (χ1) is 10.2. The fourth-order valence-corrected chi connectivity index (χ4v) is 1.84. The number of hydrogen-bond donors (Lipinski definition) is 2. The number of ether oxygens (including phenoxy) is 1. The van der Waals surface area contributed by atoms with Crippen LogP contribution in [0.2, 0.25) is 0 Å². The van der Waals surface area contributed by atoms with Crippen LogP contribution in [0.3, 0.4) is 0 Å². The van der Waals surface area contributed by atoms with Crippen LogP contribution < -0.4 is 10.6 Å². The molecular formula is C15H25N3O3. The summed E-state index contributed by atoms with van der Waals surface area (Å²) in [6, 6.07) is 5.02. The van der Waals surface area contributed by atoms with Gasteiger partial charge in [-0.05, 0) is 25.3 Å². The van der Waals surface area contributed by atoms with E-state index in [0.717, 1.165) is 50.3 Å². The molecule has 0 aromatic heterocycles.